The average Bonchev–Trinajstić information content (AvgIpc) is 2.93. The molecule has 1 atom stereocenters. The van der Waals surface area contributed by atoms with Gasteiger partial charge in [0.1, 0.15) is 5.82 Å². The van der Waals surface area contributed by atoms with Crippen LogP contribution in [0.4, 0.5) is 0 Å². The number of nitrogens with two attached hydrogens (primary N) is 1. The molecule has 2 rings (SSSR count). The largest absolute Gasteiger partial charge is 0.330 e. The average molecular weight is 265 g/mol. The summed E-state index contributed by atoms with van der Waals surface area (Å²) in [4.78, 5) is 9.63. The Morgan fingerprint density at radius 1 is 1.22 bits per heavy atom. The normalized spacial score (nSPS) is 19.4. The summed E-state index contributed by atoms with van der Waals surface area (Å²) in [5.74, 6) is 2.31. The maximum Gasteiger partial charge on any atom is 0.141 e. The third kappa shape index (κ3) is 2.86. The molecular formula is C14H23N3S. The second kappa shape index (κ2) is 6.53. The lowest BCUT2D eigenvalue weighted by Crippen LogP contribution is -2.14. The van der Waals surface area contributed by atoms with Crippen LogP contribution in [0.1, 0.15) is 54.7 Å². The van der Waals surface area contributed by atoms with Crippen molar-refractivity contribution in [3.05, 3.63) is 22.8 Å². The number of thioether (sulfide) groups is 1. The van der Waals surface area contributed by atoms with Gasteiger partial charge in [0.05, 0.1) is 5.25 Å². The fourth-order valence-corrected chi connectivity index (χ4v) is 3.75. The fourth-order valence-electron chi connectivity index (χ4n) is 2.55. The lowest BCUT2D eigenvalue weighted by Gasteiger charge is -2.15. The van der Waals surface area contributed by atoms with Gasteiger partial charge in [0, 0.05) is 11.4 Å². The van der Waals surface area contributed by atoms with Crippen LogP contribution in [-0.4, -0.2) is 22.3 Å². The van der Waals surface area contributed by atoms with Crippen LogP contribution in [0.5, 0.6) is 0 Å². The van der Waals surface area contributed by atoms with E-state index in [-0.39, 0.29) is 0 Å². The molecule has 0 spiro atoms. The summed E-state index contributed by atoms with van der Waals surface area (Å²) < 4.78 is 0. The van der Waals surface area contributed by atoms with E-state index in [2.05, 4.69) is 13.8 Å². The molecule has 1 saturated heterocycles. The van der Waals surface area contributed by atoms with E-state index in [1.54, 1.807) is 0 Å². The lowest BCUT2D eigenvalue weighted by molar-refractivity contribution is 0.736. The van der Waals surface area contributed by atoms with Crippen molar-refractivity contribution in [2.24, 2.45) is 5.73 Å². The van der Waals surface area contributed by atoms with Crippen molar-refractivity contribution in [2.75, 3.05) is 12.3 Å². The Hall–Kier alpha value is -0.610. The molecule has 0 aromatic carbocycles. The summed E-state index contributed by atoms with van der Waals surface area (Å²) in [6.07, 6.45) is 5.40. The predicted molar refractivity (Wildman–Crippen MR) is 78.0 cm³/mol. The molecule has 1 aliphatic heterocycles. The van der Waals surface area contributed by atoms with Crippen LogP contribution in [0.25, 0.3) is 0 Å². The predicted octanol–water partition coefficient (Wildman–Crippen LogP) is 2.67. The Kier molecular flexibility index (Phi) is 5.01. The van der Waals surface area contributed by atoms with Gasteiger partial charge in [-0.25, -0.2) is 9.97 Å². The van der Waals surface area contributed by atoms with Gasteiger partial charge in [0.15, 0.2) is 0 Å². The Morgan fingerprint density at radius 3 is 2.33 bits per heavy atom. The van der Waals surface area contributed by atoms with E-state index in [9.17, 15) is 0 Å². The first-order valence-corrected chi connectivity index (χ1v) is 8.05. The molecule has 0 amide bonds. The van der Waals surface area contributed by atoms with E-state index in [1.807, 2.05) is 11.8 Å². The van der Waals surface area contributed by atoms with Crippen molar-refractivity contribution in [3.63, 3.8) is 0 Å². The molecule has 2 heterocycles. The van der Waals surface area contributed by atoms with Crippen LogP contribution in [-0.2, 0) is 19.3 Å². The highest BCUT2D eigenvalue weighted by Crippen LogP contribution is 2.38. The van der Waals surface area contributed by atoms with Crippen molar-refractivity contribution in [3.8, 4) is 0 Å². The van der Waals surface area contributed by atoms with Crippen molar-refractivity contribution < 1.29 is 0 Å². The number of hydrogen-bond donors (Lipinski definition) is 1. The van der Waals surface area contributed by atoms with Crippen LogP contribution in [0.15, 0.2) is 0 Å². The Balaban J connectivity index is 2.37. The molecular weight excluding hydrogens is 242 g/mol. The van der Waals surface area contributed by atoms with Gasteiger partial charge in [-0.2, -0.15) is 11.8 Å². The number of nitrogens with zero attached hydrogens (tertiary/aromatic N) is 2. The van der Waals surface area contributed by atoms with Gasteiger partial charge in [0.2, 0.25) is 0 Å². The Labute approximate surface area is 114 Å². The first-order chi connectivity index (χ1) is 8.80. The first kappa shape index (κ1) is 13.8. The minimum atomic E-state index is 0.521. The fraction of sp³-hybridized carbons (Fsp3) is 0.714. The van der Waals surface area contributed by atoms with Crippen LogP contribution in [0, 0.1) is 0 Å². The second-order valence-electron chi connectivity index (χ2n) is 4.70. The number of hydrogen-bond acceptors (Lipinski definition) is 4. The SMILES string of the molecule is CCc1nc(C2CCCS2)nc(CC)c1CCN. The smallest absolute Gasteiger partial charge is 0.141 e. The molecule has 100 valence electrons. The molecule has 4 heteroatoms. The van der Waals surface area contributed by atoms with Gasteiger partial charge in [0.25, 0.3) is 0 Å². The highest BCUT2D eigenvalue weighted by molar-refractivity contribution is 7.99. The zero-order chi connectivity index (χ0) is 13.0. The van der Waals surface area contributed by atoms with E-state index < -0.39 is 0 Å². The van der Waals surface area contributed by atoms with Crippen LogP contribution in [0.3, 0.4) is 0 Å². The van der Waals surface area contributed by atoms with Gasteiger partial charge < -0.3 is 5.73 Å². The highest BCUT2D eigenvalue weighted by Gasteiger charge is 2.22. The number of rotatable bonds is 5. The minimum absolute atomic E-state index is 0.521. The molecule has 1 aromatic heterocycles. The van der Waals surface area contributed by atoms with Crippen molar-refractivity contribution in [1.29, 1.82) is 0 Å². The van der Waals surface area contributed by atoms with Gasteiger partial charge in [-0.1, -0.05) is 13.8 Å². The second-order valence-corrected chi connectivity index (χ2v) is 6.01. The third-order valence-corrected chi connectivity index (χ3v) is 4.85. The molecule has 18 heavy (non-hydrogen) atoms. The molecule has 1 aromatic rings. The van der Waals surface area contributed by atoms with Gasteiger partial charge in [-0.15, -0.1) is 0 Å². The maximum absolute atomic E-state index is 5.71. The topological polar surface area (TPSA) is 51.8 Å². The molecule has 0 bridgehead atoms. The summed E-state index contributed by atoms with van der Waals surface area (Å²) >= 11 is 2.00. The Bertz CT molecular complexity index is 375. The highest BCUT2D eigenvalue weighted by atomic mass is 32.2. The van der Waals surface area contributed by atoms with Gasteiger partial charge in [-0.3, -0.25) is 0 Å². The minimum Gasteiger partial charge on any atom is -0.330 e. The molecule has 3 nitrogen and oxygen atoms in total. The summed E-state index contributed by atoms with van der Waals surface area (Å²) in [6.45, 7) is 5.03. The first-order valence-electron chi connectivity index (χ1n) is 7.00. The molecule has 2 N–H and O–H groups in total. The summed E-state index contributed by atoms with van der Waals surface area (Å²) in [5.41, 5.74) is 9.44. The van der Waals surface area contributed by atoms with E-state index in [1.165, 1.54) is 35.5 Å². The van der Waals surface area contributed by atoms with Crippen molar-refractivity contribution in [1.82, 2.24) is 9.97 Å². The number of aryl methyl sites for hydroxylation is 2. The summed E-state index contributed by atoms with van der Waals surface area (Å²) in [7, 11) is 0. The van der Waals surface area contributed by atoms with E-state index in [4.69, 9.17) is 15.7 Å². The van der Waals surface area contributed by atoms with Gasteiger partial charge >= 0.3 is 0 Å². The molecule has 0 radical (unpaired) electrons. The quantitative estimate of drug-likeness (QED) is 0.889. The third-order valence-electron chi connectivity index (χ3n) is 3.48. The zero-order valence-electron chi connectivity index (χ0n) is 11.4. The van der Waals surface area contributed by atoms with Crippen LogP contribution < -0.4 is 5.73 Å². The van der Waals surface area contributed by atoms with Crippen molar-refractivity contribution in [2.45, 2.75) is 51.2 Å². The summed E-state index contributed by atoms with van der Waals surface area (Å²) in [5, 5.41) is 0.521. The van der Waals surface area contributed by atoms with Crippen molar-refractivity contribution >= 4 is 11.8 Å². The molecule has 1 fully saturated rings. The maximum atomic E-state index is 5.71. The van der Waals surface area contributed by atoms with E-state index in [0.29, 0.717) is 11.8 Å². The van der Waals surface area contributed by atoms with E-state index >= 15 is 0 Å². The molecule has 1 unspecified atom stereocenters. The summed E-state index contributed by atoms with van der Waals surface area (Å²) in [6, 6.07) is 0. The van der Waals surface area contributed by atoms with Crippen LogP contribution in [0.2, 0.25) is 0 Å². The number of aromatic nitrogens is 2. The van der Waals surface area contributed by atoms with Gasteiger partial charge in [-0.05, 0) is 50.0 Å². The Morgan fingerprint density at radius 2 is 1.89 bits per heavy atom. The van der Waals surface area contributed by atoms with Crippen LogP contribution >= 0.6 is 11.8 Å². The standard InChI is InChI=1S/C14H23N3S/c1-3-11-10(7-8-15)12(4-2)17-14(16-11)13-6-5-9-18-13/h13H,3-9,15H2,1-2H3. The zero-order valence-corrected chi connectivity index (χ0v) is 12.2. The lowest BCUT2D eigenvalue weighted by atomic mass is 10.0. The molecule has 0 aliphatic carbocycles. The van der Waals surface area contributed by atoms with E-state index in [0.717, 1.165) is 25.1 Å². The monoisotopic (exact) mass is 265 g/mol. The molecule has 0 saturated carbocycles. The molecule has 1 aliphatic rings.